The molecule has 0 saturated heterocycles. The molecular formula is C15H14FNO2S. The highest BCUT2D eigenvalue weighted by Gasteiger charge is 2.17. The van der Waals surface area contributed by atoms with Gasteiger partial charge in [0.15, 0.2) is 0 Å². The van der Waals surface area contributed by atoms with E-state index >= 15 is 0 Å². The number of benzene rings is 2. The van der Waals surface area contributed by atoms with Crippen LogP contribution in [0.4, 0.5) is 4.39 Å². The summed E-state index contributed by atoms with van der Waals surface area (Å²) in [5.41, 5.74) is 7.39. The number of hydrogen-bond donors (Lipinski definition) is 1. The SMILES string of the molecule is Cc1ccccc1/C(N)=C/S(=O)(=O)c1ccccc1F. The molecule has 0 atom stereocenters. The van der Waals surface area contributed by atoms with Crippen molar-refractivity contribution in [2.45, 2.75) is 11.8 Å². The van der Waals surface area contributed by atoms with Crippen molar-refractivity contribution in [1.82, 2.24) is 0 Å². The van der Waals surface area contributed by atoms with E-state index in [4.69, 9.17) is 5.73 Å². The van der Waals surface area contributed by atoms with Crippen molar-refractivity contribution in [3.05, 3.63) is 70.9 Å². The highest BCUT2D eigenvalue weighted by Crippen LogP contribution is 2.21. The van der Waals surface area contributed by atoms with Crippen molar-refractivity contribution in [1.29, 1.82) is 0 Å². The zero-order valence-electron chi connectivity index (χ0n) is 10.9. The van der Waals surface area contributed by atoms with Gasteiger partial charge < -0.3 is 5.73 Å². The molecular weight excluding hydrogens is 277 g/mol. The molecule has 0 aliphatic rings. The summed E-state index contributed by atoms with van der Waals surface area (Å²) >= 11 is 0. The van der Waals surface area contributed by atoms with Crippen LogP contribution < -0.4 is 5.73 Å². The maximum Gasteiger partial charge on any atom is 0.204 e. The second-order valence-corrected chi connectivity index (χ2v) is 6.13. The predicted octanol–water partition coefficient (Wildman–Crippen LogP) is 2.87. The number of hydrogen-bond acceptors (Lipinski definition) is 3. The van der Waals surface area contributed by atoms with Gasteiger partial charge in [0.1, 0.15) is 10.7 Å². The summed E-state index contributed by atoms with van der Waals surface area (Å²) in [4.78, 5) is -0.378. The van der Waals surface area contributed by atoms with Crippen LogP contribution in [0, 0.1) is 12.7 Å². The van der Waals surface area contributed by atoms with Gasteiger partial charge in [0, 0.05) is 5.56 Å². The minimum absolute atomic E-state index is 0.0892. The van der Waals surface area contributed by atoms with E-state index in [0.29, 0.717) is 5.56 Å². The largest absolute Gasteiger partial charge is 0.398 e. The Balaban J connectivity index is 2.50. The molecule has 0 amide bonds. The molecule has 2 aromatic carbocycles. The van der Waals surface area contributed by atoms with E-state index in [1.165, 1.54) is 18.2 Å². The standard InChI is InChI=1S/C15H14FNO2S/c1-11-6-2-3-7-12(11)14(17)10-20(18,19)15-9-5-4-8-13(15)16/h2-10H,17H2,1H3/b14-10-. The van der Waals surface area contributed by atoms with E-state index in [1.54, 1.807) is 12.1 Å². The number of rotatable bonds is 3. The van der Waals surface area contributed by atoms with Crippen molar-refractivity contribution < 1.29 is 12.8 Å². The normalized spacial score (nSPS) is 12.4. The summed E-state index contributed by atoms with van der Waals surface area (Å²) in [6.07, 6.45) is 0. The number of halogens is 1. The molecule has 0 spiro atoms. The zero-order valence-corrected chi connectivity index (χ0v) is 11.7. The molecule has 0 radical (unpaired) electrons. The van der Waals surface area contributed by atoms with Gasteiger partial charge in [-0.25, -0.2) is 12.8 Å². The van der Waals surface area contributed by atoms with Crippen LogP contribution in [0.15, 0.2) is 58.8 Å². The van der Waals surface area contributed by atoms with Crippen molar-refractivity contribution in [2.75, 3.05) is 0 Å². The van der Waals surface area contributed by atoms with E-state index in [2.05, 4.69) is 0 Å². The number of nitrogens with two attached hydrogens (primary N) is 1. The first kappa shape index (κ1) is 14.3. The third kappa shape index (κ3) is 2.88. The molecule has 2 rings (SSSR count). The summed E-state index contributed by atoms with van der Waals surface area (Å²) in [5.74, 6) is -0.790. The first-order valence-electron chi connectivity index (χ1n) is 5.94. The molecule has 5 heteroatoms. The van der Waals surface area contributed by atoms with Crippen molar-refractivity contribution >= 4 is 15.5 Å². The fraction of sp³-hybridized carbons (Fsp3) is 0.0667. The van der Waals surface area contributed by atoms with Crippen LogP contribution in [0.1, 0.15) is 11.1 Å². The Kier molecular flexibility index (Phi) is 3.90. The van der Waals surface area contributed by atoms with Crippen LogP contribution >= 0.6 is 0 Å². The van der Waals surface area contributed by atoms with Crippen LogP contribution in [-0.2, 0) is 9.84 Å². The fourth-order valence-corrected chi connectivity index (χ4v) is 3.06. The summed E-state index contributed by atoms with van der Waals surface area (Å²) < 4.78 is 37.9. The van der Waals surface area contributed by atoms with Gasteiger partial charge in [-0.3, -0.25) is 0 Å². The van der Waals surface area contributed by atoms with Gasteiger partial charge >= 0.3 is 0 Å². The molecule has 0 fully saturated rings. The van der Waals surface area contributed by atoms with Crippen LogP contribution in [-0.4, -0.2) is 8.42 Å². The smallest absolute Gasteiger partial charge is 0.204 e. The second-order valence-electron chi connectivity index (χ2n) is 4.36. The van der Waals surface area contributed by atoms with E-state index in [1.807, 2.05) is 19.1 Å². The predicted molar refractivity (Wildman–Crippen MR) is 76.9 cm³/mol. The highest BCUT2D eigenvalue weighted by atomic mass is 32.2. The molecule has 0 aliphatic heterocycles. The van der Waals surface area contributed by atoms with Crippen LogP contribution in [0.3, 0.4) is 0 Å². The zero-order chi connectivity index (χ0) is 14.8. The summed E-state index contributed by atoms with van der Waals surface area (Å²) in [7, 11) is -3.92. The minimum atomic E-state index is -3.92. The molecule has 2 aromatic rings. The Labute approximate surface area is 117 Å². The molecule has 2 N–H and O–H groups in total. The Morgan fingerprint density at radius 1 is 1.10 bits per heavy atom. The van der Waals surface area contributed by atoms with E-state index in [0.717, 1.165) is 17.0 Å². The highest BCUT2D eigenvalue weighted by molar-refractivity contribution is 7.94. The van der Waals surface area contributed by atoms with E-state index < -0.39 is 15.7 Å². The maximum absolute atomic E-state index is 13.6. The third-order valence-electron chi connectivity index (χ3n) is 2.88. The molecule has 3 nitrogen and oxygen atoms in total. The molecule has 0 aromatic heterocycles. The van der Waals surface area contributed by atoms with E-state index in [-0.39, 0.29) is 10.6 Å². The fourth-order valence-electron chi connectivity index (χ4n) is 1.87. The molecule has 104 valence electrons. The quantitative estimate of drug-likeness (QED) is 0.946. The monoisotopic (exact) mass is 291 g/mol. The van der Waals surface area contributed by atoms with Gasteiger partial charge in [0.25, 0.3) is 0 Å². The lowest BCUT2D eigenvalue weighted by Crippen LogP contribution is -2.06. The average Bonchev–Trinajstić information content (AvgIpc) is 2.38. The summed E-state index contributed by atoms with van der Waals surface area (Å²) in [6, 6.07) is 12.4. The lowest BCUT2D eigenvalue weighted by Gasteiger charge is -2.06. The summed E-state index contributed by atoms with van der Waals surface area (Å²) in [6.45, 7) is 1.83. The van der Waals surface area contributed by atoms with Crippen LogP contribution in [0.5, 0.6) is 0 Å². The van der Waals surface area contributed by atoms with E-state index in [9.17, 15) is 12.8 Å². The molecule has 0 bridgehead atoms. The van der Waals surface area contributed by atoms with Crippen molar-refractivity contribution in [2.24, 2.45) is 5.73 Å². The topological polar surface area (TPSA) is 60.2 Å². The van der Waals surface area contributed by atoms with Crippen molar-refractivity contribution in [3.63, 3.8) is 0 Å². The minimum Gasteiger partial charge on any atom is -0.398 e. The molecule has 0 unspecified atom stereocenters. The Morgan fingerprint density at radius 3 is 2.35 bits per heavy atom. The molecule has 0 heterocycles. The van der Waals surface area contributed by atoms with Crippen molar-refractivity contribution in [3.8, 4) is 0 Å². The second kappa shape index (κ2) is 5.46. The first-order chi connectivity index (χ1) is 9.42. The first-order valence-corrected chi connectivity index (χ1v) is 7.49. The van der Waals surface area contributed by atoms with Gasteiger partial charge in [0.2, 0.25) is 9.84 Å². The van der Waals surface area contributed by atoms with Gasteiger partial charge in [-0.15, -0.1) is 0 Å². The summed E-state index contributed by atoms with van der Waals surface area (Å²) in [5, 5.41) is 0.897. The van der Waals surface area contributed by atoms with Gasteiger partial charge in [-0.05, 0) is 24.6 Å². The molecule has 0 saturated carbocycles. The molecule has 0 aliphatic carbocycles. The van der Waals surface area contributed by atoms with Gasteiger partial charge in [-0.2, -0.15) is 0 Å². The average molecular weight is 291 g/mol. The Morgan fingerprint density at radius 2 is 1.70 bits per heavy atom. The maximum atomic E-state index is 13.6. The molecule has 20 heavy (non-hydrogen) atoms. The third-order valence-corrected chi connectivity index (χ3v) is 4.39. The van der Waals surface area contributed by atoms with Crippen LogP contribution in [0.25, 0.3) is 5.70 Å². The van der Waals surface area contributed by atoms with Crippen LogP contribution in [0.2, 0.25) is 0 Å². The lowest BCUT2D eigenvalue weighted by atomic mass is 10.1. The Hall–Kier alpha value is -2.14. The van der Waals surface area contributed by atoms with Gasteiger partial charge in [0.05, 0.1) is 11.1 Å². The number of aryl methyl sites for hydroxylation is 1. The lowest BCUT2D eigenvalue weighted by molar-refractivity contribution is 0.572. The number of sulfone groups is 1. The Bertz CT molecular complexity index is 767. The van der Waals surface area contributed by atoms with Gasteiger partial charge in [-0.1, -0.05) is 36.4 Å².